The van der Waals surface area contributed by atoms with E-state index in [-0.39, 0.29) is 6.61 Å². The summed E-state index contributed by atoms with van der Waals surface area (Å²) in [6.07, 6.45) is 0. The molecule has 0 spiro atoms. The lowest BCUT2D eigenvalue weighted by molar-refractivity contribution is 0.282. The van der Waals surface area contributed by atoms with E-state index in [2.05, 4.69) is 25.7 Å². The lowest BCUT2D eigenvalue weighted by atomic mass is 10.1. The lowest BCUT2D eigenvalue weighted by Gasteiger charge is -2.26. The van der Waals surface area contributed by atoms with Gasteiger partial charge in [0, 0.05) is 13.1 Å². The molecule has 0 saturated carbocycles. The molecule has 0 saturated heterocycles. The highest BCUT2D eigenvalue weighted by molar-refractivity contribution is 6.33. The van der Waals surface area contributed by atoms with Crippen LogP contribution >= 0.6 is 11.6 Å². The molecular weight excluding hydrogens is 222 g/mol. The van der Waals surface area contributed by atoms with Crippen LogP contribution in [0.4, 0.5) is 5.69 Å². The molecule has 1 aromatic carbocycles. The Labute approximate surface area is 103 Å². The molecule has 1 rings (SSSR count). The number of halogens is 1. The Bertz CT molecular complexity index is 339. The van der Waals surface area contributed by atoms with Gasteiger partial charge < -0.3 is 10.0 Å². The number of nitrogens with zero attached hydrogens (tertiary/aromatic N) is 1. The molecule has 1 N–H and O–H groups in total. The van der Waals surface area contributed by atoms with Crippen molar-refractivity contribution in [3.8, 4) is 0 Å². The Balaban J connectivity index is 2.92. The van der Waals surface area contributed by atoms with E-state index in [4.69, 9.17) is 16.7 Å². The Morgan fingerprint density at radius 1 is 1.38 bits per heavy atom. The maximum atomic E-state index is 9.02. The van der Waals surface area contributed by atoms with Crippen molar-refractivity contribution in [1.82, 2.24) is 0 Å². The largest absolute Gasteiger partial charge is 0.392 e. The first-order valence-electron chi connectivity index (χ1n) is 5.72. The minimum absolute atomic E-state index is 0.0380. The highest BCUT2D eigenvalue weighted by Crippen LogP contribution is 2.27. The van der Waals surface area contributed by atoms with E-state index < -0.39 is 0 Å². The quantitative estimate of drug-likeness (QED) is 0.855. The fourth-order valence-corrected chi connectivity index (χ4v) is 2.07. The summed E-state index contributed by atoms with van der Waals surface area (Å²) < 4.78 is 0. The molecule has 90 valence electrons. The van der Waals surface area contributed by atoms with Gasteiger partial charge in [-0.3, -0.25) is 0 Å². The van der Waals surface area contributed by atoms with Crippen molar-refractivity contribution in [1.29, 1.82) is 0 Å². The average molecular weight is 242 g/mol. The van der Waals surface area contributed by atoms with Crippen LogP contribution in [-0.4, -0.2) is 18.2 Å². The molecule has 0 aliphatic heterocycles. The SMILES string of the molecule is CCN(CC(C)C)c1ccc(CO)cc1Cl. The molecule has 3 heteroatoms. The molecule has 0 atom stereocenters. The number of hydrogen-bond donors (Lipinski definition) is 1. The first kappa shape index (κ1) is 13.3. The third-order valence-corrected chi connectivity index (χ3v) is 2.81. The van der Waals surface area contributed by atoms with Crippen LogP contribution < -0.4 is 4.90 Å². The monoisotopic (exact) mass is 241 g/mol. The minimum Gasteiger partial charge on any atom is -0.392 e. The first-order valence-corrected chi connectivity index (χ1v) is 6.10. The van der Waals surface area contributed by atoms with Gasteiger partial charge in [-0.15, -0.1) is 0 Å². The Morgan fingerprint density at radius 2 is 2.06 bits per heavy atom. The second-order valence-electron chi connectivity index (χ2n) is 4.38. The van der Waals surface area contributed by atoms with Crippen LogP contribution in [0.3, 0.4) is 0 Å². The van der Waals surface area contributed by atoms with E-state index in [1.807, 2.05) is 18.2 Å². The number of aliphatic hydroxyl groups is 1. The van der Waals surface area contributed by atoms with E-state index >= 15 is 0 Å². The van der Waals surface area contributed by atoms with Gasteiger partial charge in [-0.1, -0.05) is 31.5 Å². The first-order chi connectivity index (χ1) is 7.58. The second-order valence-corrected chi connectivity index (χ2v) is 4.78. The van der Waals surface area contributed by atoms with Crippen LogP contribution in [0.15, 0.2) is 18.2 Å². The van der Waals surface area contributed by atoms with E-state index in [1.54, 1.807) is 0 Å². The van der Waals surface area contributed by atoms with Gasteiger partial charge in [-0.25, -0.2) is 0 Å². The van der Waals surface area contributed by atoms with Gasteiger partial charge in [0.15, 0.2) is 0 Å². The number of hydrogen-bond acceptors (Lipinski definition) is 2. The third-order valence-electron chi connectivity index (χ3n) is 2.50. The predicted molar refractivity (Wildman–Crippen MR) is 70.1 cm³/mol. The molecule has 0 amide bonds. The smallest absolute Gasteiger partial charge is 0.0682 e. The molecule has 0 aliphatic rings. The molecule has 0 aliphatic carbocycles. The highest BCUT2D eigenvalue weighted by atomic mass is 35.5. The van der Waals surface area contributed by atoms with Crippen molar-refractivity contribution in [2.75, 3.05) is 18.0 Å². The lowest BCUT2D eigenvalue weighted by Crippen LogP contribution is -2.27. The van der Waals surface area contributed by atoms with Gasteiger partial charge in [-0.05, 0) is 30.5 Å². The molecule has 0 unspecified atom stereocenters. The molecular formula is C13H20ClNO. The van der Waals surface area contributed by atoms with Gasteiger partial charge in [0.05, 0.1) is 17.3 Å². The third kappa shape index (κ3) is 3.39. The molecule has 0 radical (unpaired) electrons. The summed E-state index contributed by atoms with van der Waals surface area (Å²) in [7, 11) is 0. The summed E-state index contributed by atoms with van der Waals surface area (Å²) in [6, 6.07) is 5.74. The van der Waals surface area contributed by atoms with Crippen LogP contribution in [0.2, 0.25) is 5.02 Å². The van der Waals surface area contributed by atoms with Crippen molar-refractivity contribution in [2.45, 2.75) is 27.4 Å². The van der Waals surface area contributed by atoms with Crippen LogP contribution in [0.5, 0.6) is 0 Å². The second kappa shape index (κ2) is 6.12. The highest BCUT2D eigenvalue weighted by Gasteiger charge is 2.10. The molecule has 0 bridgehead atoms. The zero-order valence-electron chi connectivity index (χ0n) is 10.2. The predicted octanol–water partition coefficient (Wildman–Crippen LogP) is 3.31. The molecule has 0 aromatic heterocycles. The topological polar surface area (TPSA) is 23.5 Å². The maximum absolute atomic E-state index is 9.02. The van der Waals surface area contributed by atoms with Gasteiger partial charge in [0.1, 0.15) is 0 Å². The van der Waals surface area contributed by atoms with Crippen molar-refractivity contribution in [3.63, 3.8) is 0 Å². The van der Waals surface area contributed by atoms with Crippen LogP contribution in [0.1, 0.15) is 26.3 Å². The standard InChI is InChI=1S/C13H20ClNO/c1-4-15(8-10(2)3)13-6-5-11(9-16)7-12(13)14/h5-7,10,16H,4,8-9H2,1-3H3. The van der Waals surface area contributed by atoms with Gasteiger partial charge >= 0.3 is 0 Å². The minimum atomic E-state index is 0.0380. The van der Waals surface area contributed by atoms with E-state index in [9.17, 15) is 0 Å². The summed E-state index contributed by atoms with van der Waals surface area (Å²) in [5.41, 5.74) is 1.91. The van der Waals surface area contributed by atoms with Crippen molar-refractivity contribution >= 4 is 17.3 Å². The summed E-state index contributed by atoms with van der Waals surface area (Å²) in [4.78, 5) is 2.26. The van der Waals surface area contributed by atoms with Gasteiger partial charge in [0.2, 0.25) is 0 Å². The fraction of sp³-hybridized carbons (Fsp3) is 0.538. The number of anilines is 1. The van der Waals surface area contributed by atoms with Crippen LogP contribution in [-0.2, 0) is 6.61 Å². The van der Waals surface area contributed by atoms with Crippen LogP contribution in [0, 0.1) is 5.92 Å². The number of aliphatic hydroxyl groups excluding tert-OH is 1. The van der Waals surface area contributed by atoms with Crippen LogP contribution in [0.25, 0.3) is 0 Å². The van der Waals surface area contributed by atoms with Gasteiger partial charge in [-0.2, -0.15) is 0 Å². The zero-order valence-corrected chi connectivity index (χ0v) is 11.0. The Morgan fingerprint density at radius 3 is 2.50 bits per heavy atom. The summed E-state index contributed by atoms with van der Waals surface area (Å²) >= 11 is 6.21. The van der Waals surface area contributed by atoms with Crippen molar-refractivity contribution in [2.24, 2.45) is 5.92 Å². The molecule has 1 aromatic rings. The molecule has 0 fully saturated rings. The molecule has 0 heterocycles. The Hall–Kier alpha value is -0.730. The average Bonchev–Trinajstić information content (AvgIpc) is 2.25. The normalized spacial score (nSPS) is 10.9. The van der Waals surface area contributed by atoms with Crippen molar-refractivity contribution < 1.29 is 5.11 Å². The number of rotatable bonds is 5. The summed E-state index contributed by atoms with van der Waals surface area (Å²) in [6.45, 7) is 8.48. The van der Waals surface area contributed by atoms with Crippen molar-refractivity contribution in [3.05, 3.63) is 28.8 Å². The molecule has 2 nitrogen and oxygen atoms in total. The number of benzene rings is 1. The van der Waals surface area contributed by atoms with E-state index in [0.717, 1.165) is 24.3 Å². The maximum Gasteiger partial charge on any atom is 0.0682 e. The molecule has 16 heavy (non-hydrogen) atoms. The van der Waals surface area contributed by atoms with E-state index in [1.165, 1.54) is 0 Å². The Kier molecular flexibility index (Phi) is 5.10. The summed E-state index contributed by atoms with van der Waals surface area (Å²) in [5.74, 6) is 0.605. The zero-order chi connectivity index (χ0) is 12.1. The van der Waals surface area contributed by atoms with E-state index in [0.29, 0.717) is 10.9 Å². The van der Waals surface area contributed by atoms with Gasteiger partial charge in [0.25, 0.3) is 0 Å². The fourth-order valence-electron chi connectivity index (χ4n) is 1.74. The summed E-state index contributed by atoms with van der Waals surface area (Å²) in [5, 5.41) is 9.74.